The first-order valence-corrected chi connectivity index (χ1v) is 8.05. The van der Waals surface area contributed by atoms with E-state index in [-0.39, 0.29) is 0 Å². The quantitative estimate of drug-likeness (QED) is 0.872. The molecule has 1 saturated heterocycles. The summed E-state index contributed by atoms with van der Waals surface area (Å²) in [4.78, 5) is -0.550. The average molecular weight is 304 g/mol. The number of halogens is 2. The van der Waals surface area contributed by atoms with Crippen molar-refractivity contribution in [1.29, 1.82) is 0 Å². The number of benzene rings is 1. The molecule has 7 heteroatoms. The number of rotatable bonds is 3. The summed E-state index contributed by atoms with van der Waals surface area (Å²) >= 11 is 0. The van der Waals surface area contributed by atoms with Gasteiger partial charge in [-0.25, -0.2) is 17.2 Å². The van der Waals surface area contributed by atoms with Crippen molar-refractivity contribution in [3.8, 4) is 0 Å². The smallest absolute Gasteiger partial charge is 0.246 e. The van der Waals surface area contributed by atoms with Crippen molar-refractivity contribution in [2.45, 2.75) is 31.1 Å². The van der Waals surface area contributed by atoms with E-state index < -0.39 is 32.2 Å². The Morgan fingerprint density at radius 3 is 2.45 bits per heavy atom. The van der Waals surface area contributed by atoms with E-state index in [1.807, 2.05) is 0 Å². The van der Waals surface area contributed by atoms with E-state index in [4.69, 9.17) is 5.73 Å². The highest BCUT2D eigenvalue weighted by Gasteiger charge is 2.32. The van der Waals surface area contributed by atoms with Crippen molar-refractivity contribution in [1.82, 2.24) is 4.31 Å². The monoisotopic (exact) mass is 304 g/mol. The van der Waals surface area contributed by atoms with Crippen LogP contribution in [0.1, 0.15) is 26.2 Å². The Morgan fingerprint density at radius 1 is 1.30 bits per heavy atom. The zero-order valence-electron chi connectivity index (χ0n) is 11.3. The second kappa shape index (κ2) is 5.65. The second-order valence-electron chi connectivity index (χ2n) is 5.03. The largest absolute Gasteiger partial charge is 0.394 e. The van der Waals surface area contributed by atoms with Gasteiger partial charge in [-0.1, -0.05) is 13.3 Å². The van der Waals surface area contributed by atoms with Crippen LogP contribution in [0, 0.1) is 17.6 Å². The first kappa shape index (κ1) is 15.2. The summed E-state index contributed by atoms with van der Waals surface area (Å²) in [5, 5.41) is 0. The molecule has 2 rings (SSSR count). The molecular formula is C13H18F2N2O2S. The lowest BCUT2D eigenvalue weighted by molar-refractivity contribution is 0.268. The first-order chi connectivity index (χ1) is 9.37. The molecule has 0 aromatic heterocycles. The van der Waals surface area contributed by atoms with Gasteiger partial charge in [0.2, 0.25) is 10.0 Å². The molecule has 1 fully saturated rings. The number of hydrogen-bond acceptors (Lipinski definition) is 3. The summed E-state index contributed by atoms with van der Waals surface area (Å²) in [5.41, 5.74) is 4.46. The van der Waals surface area contributed by atoms with E-state index in [9.17, 15) is 17.2 Å². The first-order valence-electron chi connectivity index (χ1n) is 6.61. The van der Waals surface area contributed by atoms with Gasteiger partial charge in [-0.15, -0.1) is 0 Å². The highest BCUT2D eigenvalue weighted by Crippen LogP contribution is 2.29. The van der Waals surface area contributed by atoms with Gasteiger partial charge in [-0.2, -0.15) is 4.31 Å². The van der Waals surface area contributed by atoms with Gasteiger partial charge in [0.15, 0.2) is 5.82 Å². The van der Waals surface area contributed by atoms with Crippen LogP contribution in [0.4, 0.5) is 14.5 Å². The van der Waals surface area contributed by atoms with Crippen LogP contribution in [0.15, 0.2) is 17.0 Å². The third-order valence-electron chi connectivity index (χ3n) is 3.86. The highest BCUT2D eigenvalue weighted by molar-refractivity contribution is 7.89. The minimum atomic E-state index is -3.95. The molecule has 0 unspecified atom stereocenters. The highest BCUT2D eigenvalue weighted by atomic mass is 32.2. The van der Waals surface area contributed by atoms with Crippen molar-refractivity contribution in [3.05, 3.63) is 23.8 Å². The van der Waals surface area contributed by atoms with Gasteiger partial charge in [-0.3, -0.25) is 0 Å². The van der Waals surface area contributed by atoms with Gasteiger partial charge in [0, 0.05) is 13.1 Å². The molecule has 1 aromatic carbocycles. The second-order valence-corrected chi connectivity index (χ2v) is 6.94. The lowest BCUT2D eigenvalue weighted by Crippen LogP contribution is -2.38. The fourth-order valence-corrected chi connectivity index (χ4v) is 3.99. The Hall–Kier alpha value is -1.21. The van der Waals surface area contributed by atoms with Crippen LogP contribution >= 0.6 is 0 Å². The van der Waals surface area contributed by atoms with E-state index in [1.54, 1.807) is 0 Å². The lowest BCUT2D eigenvalue weighted by atomic mass is 9.96. The van der Waals surface area contributed by atoms with Gasteiger partial charge < -0.3 is 5.73 Å². The summed E-state index contributed by atoms with van der Waals surface area (Å²) in [6, 6.07) is 1.81. The van der Waals surface area contributed by atoms with Gasteiger partial charge in [0.25, 0.3) is 0 Å². The number of nitrogens with zero attached hydrogens (tertiary/aromatic N) is 1. The van der Waals surface area contributed by atoms with Crippen LogP contribution in [-0.4, -0.2) is 25.8 Å². The fraction of sp³-hybridized carbons (Fsp3) is 0.538. The summed E-state index contributed by atoms with van der Waals surface area (Å²) in [5.74, 6) is -1.65. The van der Waals surface area contributed by atoms with Gasteiger partial charge in [0.05, 0.1) is 0 Å². The van der Waals surface area contributed by atoms with Crippen molar-refractivity contribution in [2.24, 2.45) is 5.92 Å². The number of anilines is 1. The SMILES string of the molecule is CCC1CCN(S(=O)(=O)c2ccc(F)c(N)c2F)CC1. The topological polar surface area (TPSA) is 63.4 Å². The van der Waals surface area contributed by atoms with E-state index >= 15 is 0 Å². The maximum Gasteiger partial charge on any atom is 0.246 e. The number of piperidine rings is 1. The maximum absolute atomic E-state index is 13.9. The van der Waals surface area contributed by atoms with Gasteiger partial charge >= 0.3 is 0 Å². The zero-order valence-corrected chi connectivity index (χ0v) is 12.1. The molecular weight excluding hydrogens is 286 g/mol. The minimum Gasteiger partial charge on any atom is -0.394 e. The minimum absolute atomic E-state index is 0.359. The Bertz CT molecular complexity index is 597. The summed E-state index contributed by atoms with van der Waals surface area (Å²) in [6.07, 6.45) is 2.52. The molecule has 2 N–H and O–H groups in total. The predicted molar refractivity (Wildman–Crippen MR) is 72.5 cm³/mol. The van der Waals surface area contributed by atoms with Crippen molar-refractivity contribution >= 4 is 15.7 Å². The van der Waals surface area contributed by atoms with Crippen LogP contribution in [-0.2, 0) is 10.0 Å². The number of hydrogen-bond donors (Lipinski definition) is 1. The molecule has 1 aromatic rings. The Labute approximate surface area is 117 Å². The van der Waals surface area contributed by atoms with Crippen LogP contribution in [0.5, 0.6) is 0 Å². The van der Waals surface area contributed by atoms with E-state index in [2.05, 4.69) is 6.92 Å². The molecule has 1 aliphatic heterocycles. The molecule has 0 atom stereocenters. The molecule has 1 heterocycles. The molecule has 1 aliphatic rings. The van der Waals surface area contributed by atoms with Crippen molar-refractivity contribution < 1.29 is 17.2 Å². The molecule has 4 nitrogen and oxygen atoms in total. The third kappa shape index (κ3) is 2.64. The number of sulfonamides is 1. The van der Waals surface area contributed by atoms with E-state index in [0.29, 0.717) is 19.0 Å². The van der Waals surface area contributed by atoms with Crippen LogP contribution < -0.4 is 5.73 Å². The standard InChI is InChI=1S/C13H18F2N2O2S/c1-2-9-5-7-17(8-6-9)20(18,19)11-4-3-10(14)13(16)12(11)15/h3-4,9H,2,5-8,16H2,1H3. The van der Waals surface area contributed by atoms with E-state index in [1.165, 1.54) is 4.31 Å². The average Bonchev–Trinajstić information content (AvgIpc) is 2.44. The molecule has 0 amide bonds. The number of nitrogen functional groups attached to an aromatic ring is 1. The molecule has 0 aliphatic carbocycles. The van der Waals surface area contributed by atoms with Crippen molar-refractivity contribution in [2.75, 3.05) is 18.8 Å². The van der Waals surface area contributed by atoms with E-state index in [0.717, 1.165) is 31.4 Å². The van der Waals surface area contributed by atoms with Crippen LogP contribution in [0.25, 0.3) is 0 Å². The molecule has 20 heavy (non-hydrogen) atoms. The third-order valence-corrected chi connectivity index (χ3v) is 5.78. The Kier molecular flexibility index (Phi) is 4.29. The van der Waals surface area contributed by atoms with Crippen molar-refractivity contribution in [3.63, 3.8) is 0 Å². The molecule has 0 spiro atoms. The summed E-state index contributed by atoms with van der Waals surface area (Å²) < 4.78 is 53.0. The van der Waals surface area contributed by atoms with Crippen LogP contribution in [0.3, 0.4) is 0 Å². The normalized spacial score (nSPS) is 18.4. The summed E-state index contributed by atoms with van der Waals surface area (Å²) in [7, 11) is -3.95. The predicted octanol–water partition coefficient (Wildman–Crippen LogP) is 2.36. The molecule has 0 radical (unpaired) electrons. The Balaban J connectivity index is 2.30. The van der Waals surface area contributed by atoms with Gasteiger partial charge in [0.1, 0.15) is 16.4 Å². The molecule has 112 valence electrons. The lowest BCUT2D eigenvalue weighted by Gasteiger charge is -2.30. The fourth-order valence-electron chi connectivity index (χ4n) is 2.45. The number of nitrogens with two attached hydrogens (primary N) is 1. The molecule has 0 saturated carbocycles. The zero-order chi connectivity index (χ0) is 14.9. The Morgan fingerprint density at radius 2 is 1.90 bits per heavy atom. The molecule has 0 bridgehead atoms. The summed E-state index contributed by atoms with van der Waals surface area (Å²) in [6.45, 7) is 2.78. The van der Waals surface area contributed by atoms with Gasteiger partial charge in [-0.05, 0) is 30.9 Å². The maximum atomic E-state index is 13.9. The van der Waals surface area contributed by atoms with Crippen LogP contribution in [0.2, 0.25) is 0 Å².